The van der Waals surface area contributed by atoms with E-state index < -0.39 is 0 Å². The van der Waals surface area contributed by atoms with Crippen LogP contribution in [-0.4, -0.2) is 78.6 Å². The third-order valence-electron chi connectivity index (χ3n) is 4.97. The van der Waals surface area contributed by atoms with E-state index in [0.29, 0.717) is 6.61 Å². The number of aliphatic imine (C=N–C) groups is 1. The second-order valence-corrected chi connectivity index (χ2v) is 8.07. The normalized spacial score (nSPS) is 20.2. The molecule has 0 radical (unpaired) electrons. The lowest BCUT2D eigenvalue weighted by Crippen LogP contribution is -2.55. The molecular weight excluding hydrogens is 489 g/mol. The van der Waals surface area contributed by atoms with Gasteiger partial charge < -0.3 is 19.9 Å². The Balaban J connectivity index is 0.00000280. The molecule has 1 aromatic rings. The number of aromatic nitrogens is 1. The van der Waals surface area contributed by atoms with Gasteiger partial charge in [0.15, 0.2) is 5.96 Å². The molecule has 1 atom stereocenters. The number of amides is 1. The molecule has 0 saturated carbocycles. The van der Waals surface area contributed by atoms with Crippen LogP contribution in [0.3, 0.4) is 0 Å². The average Bonchev–Trinajstić information content (AvgIpc) is 3.39. The molecule has 1 unspecified atom stereocenters. The highest BCUT2D eigenvalue weighted by Gasteiger charge is 2.30. The van der Waals surface area contributed by atoms with Gasteiger partial charge in [0.25, 0.3) is 5.91 Å². The van der Waals surface area contributed by atoms with Crippen molar-refractivity contribution in [1.29, 1.82) is 0 Å². The zero-order chi connectivity index (χ0) is 19.1. The molecule has 7 nitrogen and oxygen atoms in total. The molecule has 2 saturated heterocycles. The van der Waals surface area contributed by atoms with Crippen LogP contribution in [0.15, 0.2) is 11.2 Å². The van der Waals surface area contributed by atoms with Gasteiger partial charge in [-0.2, -0.15) is 0 Å². The van der Waals surface area contributed by atoms with Crippen molar-refractivity contribution in [3.05, 3.63) is 16.1 Å². The molecule has 0 aromatic carbocycles. The summed E-state index contributed by atoms with van der Waals surface area (Å²) in [6, 6.07) is 0. The number of ether oxygens (including phenoxy) is 1. The fraction of sp³-hybridized carbons (Fsp3) is 0.737. The van der Waals surface area contributed by atoms with Gasteiger partial charge in [-0.05, 0) is 26.2 Å². The number of rotatable bonds is 6. The molecule has 0 spiro atoms. The molecule has 1 amide bonds. The van der Waals surface area contributed by atoms with E-state index in [1.54, 1.807) is 11.3 Å². The van der Waals surface area contributed by atoms with Crippen molar-refractivity contribution in [1.82, 2.24) is 20.1 Å². The maximum Gasteiger partial charge on any atom is 0.251 e. The standard InChI is InChI=1S/C19H31N5O2S.HI/c1-3-15-14-22-17(27-15)7-8-21-19(20-4-2)24-11-9-23(10-12-24)18(25)16-6-5-13-26-16;/h14,16H,3-13H2,1-2H3,(H,20,21);1H. The smallest absolute Gasteiger partial charge is 0.251 e. The predicted octanol–water partition coefficient (Wildman–Crippen LogP) is 2.15. The van der Waals surface area contributed by atoms with Crippen LogP contribution in [0.4, 0.5) is 0 Å². The van der Waals surface area contributed by atoms with Crippen LogP contribution in [0, 0.1) is 0 Å². The topological polar surface area (TPSA) is 70.1 Å². The molecule has 3 heterocycles. The van der Waals surface area contributed by atoms with Crippen LogP contribution >= 0.6 is 35.3 Å². The summed E-state index contributed by atoms with van der Waals surface area (Å²) >= 11 is 1.78. The van der Waals surface area contributed by atoms with E-state index >= 15 is 0 Å². The van der Waals surface area contributed by atoms with E-state index in [1.165, 1.54) is 4.88 Å². The van der Waals surface area contributed by atoms with Crippen molar-refractivity contribution in [2.45, 2.75) is 45.6 Å². The maximum atomic E-state index is 12.5. The van der Waals surface area contributed by atoms with Gasteiger partial charge in [-0.25, -0.2) is 4.98 Å². The minimum absolute atomic E-state index is 0. The minimum Gasteiger partial charge on any atom is -0.368 e. The number of guanidine groups is 1. The van der Waals surface area contributed by atoms with Crippen LogP contribution in [0.1, 0.15) is 36.6 Å². The maximum absolute atomic E-state index is 12.5. The highest BCUT2D eigenvalue weighted by atomic mass is 127. The van der Waals surface area contributed by atoms with Gasteiger partial charge in [0.1, 0.15) is 6.10 Å². The third-order valence-corrected chi connectivity index (χ3v) is 6.17. The summed E-state index contributed by atoms with van der Waals surface area (Å²) in [6.45, 7) is 9.60. The molecule has 2 aliphatic rings. The van der Waals surface area contributed by atoms with Crippen LogP contribution < -0.4 is 5.32 Å². The number of aryl methyl sites for hydroxylation is 1. The highest BCUT2D eigenvalue weighted by molar-refractivity contribution is 14.0. The number of nitrogens with zero attached hydrogens (tertiary/aromatic N) is 4. The molecule has 1 N–H and O–H groups in total. The van der Waals surface area contributed by atoms with E-state index in [2.05, 4.69) is 29.0 Å². The summed E-state index contributed by atoms with van der Waals surface area (Å²) in [7, 11) is 0. The average molecular weight is 521 g/mol. The van der Waals surface area contributed by atoms with E-state index in [9.17, 15) is 4.79 Å². The van der Waals surface area contributed by atoms with Gasteiger partial charge in [0.2, 0.25) is 0 Å². The number of carbonyl (C=O) groups is 1. The lowest BCUT2D eigenvalue weighted by Gasteiger charge is -2.37. The van der Waals surface area contributed by atoms with Crippen molar-refractivity contribution in [3.8, 4) is 0 Å². The van der Waals surface area contributed by atoms with Gasteiger partial charge >= 0.3 is 0 Å². The van der Waals surface area contributed by atoms with E-state index in [0.717, 1.165) is 75.9 Å². The molecule has 0 bridgehead atoms. The number of hydrogen-bond acceptors (Lipinski definition) is 5. The zero-order valence-corrected chi connectivity index (χ0v) is 20.0. The number of nitrogens with one attached hydrogen (secondary N) is 1. The number of piperazine rings is 1. The molecule has 9 heteroatoms. The van der Waals surface area contributed by atoms with Crippen LogP contribution in [0.25, 0.3) is 0 Å². The lowest BCUT2D eigenvalue weighted by molar-refractivity contribution is -0.142. The van der Waals surface area contributed by atoms with Crippen LogP contribution in [0.5, 0.6) is 0 Å². The Kier molecular flexibility index (Phi) is 9.93. The summed E-state index contributed by atoms with van der Waals surface area (Å²) in [6.07, 6.45) is 5.52. The molecule has 2 aliphatic heterocycles. The predicted molar refractivity (Wildman–Crippen MR) is 124 cm³/mol. The summed E-state index contributed by atoms with van der Waals surface area (Å²) in [5.74, 6) is 1.10. The first kappa shape index (κ1) is 23.3. The second kappa shape index (κ2) is 11.9. The first-order chi connectivity index (χ1) is 13.2. The molecule has 2 fully saturated rings. The summed E-state index contributed by atoms with van der Waals surface area (Å²) in [5.41, 5.74) is 0. The molecule has 0 aliphatic carbocycles. The molecule has 28 heavy (non-hydrogen) atoms. The zero-order valence-electron chi connectivity index (χ0n) is 16.9. The first-order valence-electron chi connectivity index (χ1n) is 10.1. The summed E-state index contributed by atoms with van der Waals surface area (Å²) in [5, 5.41) is 4.54. The third kappa shape index (κ3) is 6.28. The fourth-order valence-corrected chi connectivity index (χ4v) is 4.28. The molecule has 3 rings (SSSR count). The Bertz CT molecular complexity index is 640. The molecular formula is C19H32IN5O2S. The Morgan fingerprint density at radius 3 is 2.68 bits per heavy atom. The van der Waals surface area contributed by atoms with Gasteiger partial charge in [0.05, 0.1) is 5.01 Å². The van der Waals surface area contributed by atoms with Crippen molar-refractivity contribution >= 4 is 47.2 Å². The van der Waals surface area contributed by atoms with E-state index in [-0.39, 0.29) is 36.0 Å². The van der Waals surface area contributed by atoms with Gasteiger partial charge in [-0.1, -0.05) is 6.92 Å². The minimum atomic E-state index is -0.218. The fourth-order valence-electron chi connectivity index (χ4n) is 3.43. The Morgan fingerprint density at radius 2 is 2.07 bits per heavy atom. The van der Waals surface area contributed by atoms with Crippen molar-refractivity contribution in [2.24, 2.45) is 4.99 Å². The van der Waals surface area contributed by atoms with E-state index in [1.807, 2.05) is 11.1 Å². The molecule has 1 aromatic heterocycles. The van der Waals surface area contributed by atoms with Gasteiger partial charge in [-0.3, -0.25) is 9.79 Å². The Morgan fingerprint density at radius 1 is 1.32 bits per heavy atom. The number of hydrogen-bond donors (Lipinski definition) is 1. The quantitative estimate of drug-likeness (QED) is 0.353. The first-order valence-corrected chi connectivity index (χ1v) is 10.9. The molecule has 158 valence electrons. The number of halogens is 1. The van der Waals surface area contributed by atoms with Gasteiger partial charge in [0, 0.05) is 63.4 Å². The van der Waals surface area contributed by atoms with Crippen LogP contribution in [-0.2, 0) is 22.4 Å². The van der Waals surface area contributed by atoms with Crippen LogP contribution in [0.2, 0.25) is 0 Å². The number of carbonyl (C=O) groups excluding carboxylic acids is 1. The second-order valence-electron chi connectivity index (χ2n) is 6.87. The van der Waals surface area contributed by atoms with Crippen molar-refractivity contribution in [2.75, 3.05) is 45.9 Å². The summed E-state index contributed by atoms with van der Waals surface area (Å²) < 4.78 is 5.54. The SMILES string of the molecule is CCNC(=NCCc1ncc(CC)s1)N1CCN(C(=O)C2CCCO2)CC1.I. The van der Waals surface area contributed by atoms with Crippen molar-refractivity contribution in [3.63, 3.8) is 0 Å². The highest BCUT2D eigenvalue weighted by Crippen LogP contribution is 2.16. The lowest BCUT2D eigenvalue weighted by atomic mass is 10.2. The Hall–Kier alpha value is -0.940. The van der Waals surface area contributed by atoms with E-state index in [4.69, 9.17) is 9.73 Å². The monoisotopic (exact) mass is 521 g/mol. The number of thiazole rings is 1. The summed E-state index contributed by atoms with van der Waals surface area (Å²) in [4.78, 5) is 27.3. The van der Waals surface area contributed by atoms with Gasteiger partial charge in [-0.15, -0.1) is 35.3 Å². The largest absolute Gasteiger partial charge is 0.368 e. The van der Waals surface area contributed by atoms with Crippen molar-refractivity contribution < 1.29 is 9.53 Å². The Labute approximate surface area is 189 Å².